The highest BCUT2D eigenvalue weighted by Gasteiger charge is 2.23. The van der Waals surface area contributed by atoms with Crippen molar-refractivity contribution in [1.82, 2.24) is 24.7 Å². The molecule has 4 rings (SSSR count). The van der Waals surface area contributed by atoms with Gasteiger partial charge in [-0.25, -0.2) is 9.36 Å². The second kappa shape index (κ2) is 8.91. The zero-order valence-electron chi connectivity index (χ0n) is 17.3. The summed E-state index contributed by atoms with van der Waals surface area (Å²) >= 11 is 1.29. The average Bonchev–Trinajstić information content (AvgIpc) is 3.29. The number of carbonyl (C=O) groups excluding carboxylic acids is 1. The van der Waals surface area contributed by atoms with Gasteiger partial charge in [-0.2, -0.15) is 5.10 Å². The van der Waals surface area contributed by atoms with E-state index < -0.39 is 0 Å². The van der Waals surface area contributed by atoms with Crippen LogP contribution in [0.4, 0.5) is 5.82 Å². The van der Waals surface area contributed by atoms with Gasteiger partial charge < -0.3 is 11.2 Å². The summed E-state index contributed by atoms with van der Waals surface area (Å²) in [6, 6.07) is 9.86. The van der Waals surface area contributed by atoms with Crippen LogP contribution in [0.5, 0.6) is 0 Å². The maximum absolute atomic E-state index is 12.6. The summed E-state index contributed by atoms with van der Waals surface area (Å²) in [4.78, 5) is 12.6. The van der Waals surface area contributed by atoms with Crippen molar-refractivity contribution in [3.05, 3.63) is 47.4 Å². The zero-order chi connectivity index (χ0) is 21.1. The number of aromatic nitrogens is 5. The topological polar surface area (TPSA) is 104 Å². The van der Waals surface area contributed by atoms with E-state index in [9.17, 15) is 4.79 Å². The molecule has 3 N–H and O–H groups in total. The van der Waals surface area contributed by atoms with Gasteiger partial charge in [-0.15, -0.1) is 10.2 Å². The quantitative estimate of drug-likeness (QED) is 0.462. The van der Waals surface area contributed by atoms with Crippen LogP contribution in [-0.2, 0) is 4.79 Å². The highest BCUT2D eigenvalue weighted by molar-refractivity contribution is 7.99. The highest BCUT2D eigenvalue weighted by atomic mass is 32.2. The molecule has 2 heterocycles. The Morgan fingerprint density at radius 1 is 1.17 bits per heavy atom. The van der Waals surface area contributed by atoms with E-state index >= 15 is 0 Å². The lowest BCUT2D eigenvalue weighted by Gasteiger charge is -2.20. The van der Waals surface area contributed by atoms with E-state index in [-0.39, 0.29) is 11.7 Å². The van der Waals surface area contributed by atoms with Crippen LogP contribution in [0.2, 0.25) is 0 Å². The molecule has 1 fully saturated rings. The number of rotatable bonds is 6. The summed E-state index contributed by atoms with van der Waals surface area (Å²) < 4.78 is 3.29. The van der Waals surface area contributed by atoms with E-state index in [1.165, 1.54) is 36.6 Å². The molecule has 1 aliphatic rings. The van der Waals surface area contributed by atoms with E-state index in [0.717, 1.165) is 30.0 Å². The fraction of sp³-hybridized carbons (Fsp3) is 0.429. The molecule has 0 spiro atoms. The maximum atomic E-state index is 12.6. The number of amides is 1. The second-order valence-electron chi connectivity index (χ2n) is 7.80. The van der Waals surface area contributed by atoms with E-state index in [1.54, 1.807) is 9.36 Å². The molecule has 0 saturated heterocycles. The Morgan fingerprint density at radius 3 is 2.63 bits per heavy atom. The van der Waals surface area contributed by atoms with Crippen LogP contribution in [0.3, 0.4) is 0 Å². The number of nitrogens with one attached hydrogen (secondary N) is 1. The molecule has 2 aromatic heterocycles. The van der Waals surface area contributed by atoms with Crippen LogP contribution >= 0.6 is 11.8 Å². The minimum Gasteiger partial charge on any atom is -0.336 e. The van der Waals surface area contributed by atoms with E-state index in [2.05, 4.69) is 20.6 Å². The molecule has 1 amide bonds. The molecule has 1 saturated carbocycles. The van der Waals surface area contributed by atoms with E-state index in [1.807, 2.05) is 44.2 Å². The number of nitrogen functional groups attached to an aromatic ring is 1. The third-order valence-corrected chi connectivity index (χ3v) is 6.31. The van der Waals surface area contributed by atoms with Gasteiger partial charge >= 0.3 is 0 Å². The van der Waals surface area contributed by atoms with Crippen molar-refractivity contribution < 1.29 is 4.79 Å². The first kappa shape index (κ1) is 20.5. The van der Waals surface area contributed by atoms with Crippen LogP contribution in [0.25, 0.3) is 5.69 Å². The predicted molar refractivity (Wildman–Crippen MR) is 118 cm³/mol. The molecule has 1 aromatic carbocycles. The number of thioether (sulfide) groups is 1. The Kier molecular flexibility index (Phi) is 6.08. The molecule has 0 unspecified atom stereocenters. The van der Waals surface area contributed by atoms with Gasteiger partial charge in [-0.05, 0) is 38.8 Å². The summed E-state index contributed by atoms with van der Waals surface area (Å²) in [5.41, 5.74) is 2.90. The summed E-state index contributed by atoms with van der Waals surface area (Å²) in [7, 11) is 0. The fourth-order valence-corrected chi connectivity index (χ4v) is 4.47. The third-order valence-electron chi connectivity index (χ3n) is 5.37. The number of carbonyl (C=O) groups is 1. The lowest BCUT2D eigenvalue weighted by molar-refractivity contribution is -0.113. The Morgan fingerprint density at radius 2 is 1.90 bits per heavy atom. The summed E-state index contributed by atoms with van der Waals surface area (Å²) in [5.74, 6) is 8.09. The number of anilines is 1. The molecule has 9 heteroatoms. The predicted octanol–water partition coefficient (Wildman–Crippen LogP) is 3.57. The zero-order valence-corrected chi connectivity index (χ0v) is 18.2. The average molecular weight is 426 g/mol. The molecule has 0 radical (unpaired) electrons. The second-order valence-corrected chi connectivity index (χ2v) is 8.74. The van der Waals surface area contributed by atoms with Crippen molar-refractivity contribution in [1.29, 1.82) is 0 Å². The SMILES string of the molecule is Cc1ccc(-n2nc(C)cc2NC(=O)CSc2nnc(C3CCCCC3)n2N)cc1. The number of nitrogens with zero attached hydrogens (tertiary/aromatic N) is 5. The molecule has 8 nitrogen and oxygen atoms in total. The minimum atomic E-state index is -0.143. The van der Waals surface area contributed by atoms with Gasteiger partial charge in [0.25, 0.3) is 0 Å². The van der Waals surface area contributed by atoms with Crippen LogP contribution in [0, 0.1) is 13.8 Å². The lowest BCUT2D eigenvalue weighted by atomic mass is 9.89. The van der Waals surface area contributed by atoms with Gasteiger partial charge in [-0.3, -0.25) is 4.79 Å². The van der Waals surface area contributed by atoms with Crippen molar-refractivity contribution >= 4 is 23.5 Å². The van der Waals surface area contributed by atoms with Gasteiger partial charge in [0.05, 0.1) is 17.1 Å². The molecule has 3 aromatic rings. The Bertz CT molecular complexity index is 1020. The van der Waals surface area contributed by atoms with Crippen LogP contribution in [0.15, 0.2) is 35.5 Å². The summed E-state index contributed by atoms with van der Waals surface area (Å²) in [5, 5.41) is 16.5. The van der Waals surface area contributed by atoms with Crippen LogP contribution < -0.4 is 11.2 Å². The molecule has 1 aliphatic carbocycles. The van der Waals surface area contributed by atoms with Crippen LogP contribution in [0.1, 0.15) is 55.1 Å². The number of nitrogens with two attached hydrogens (primary N) is 1. The minimum absolute atomic E-state index is 0.143. The van der Waals surface area contributed by atoms with Gasteiger partial charge in [0.1, 0.15) is 5.82 Å². The first-order chi connectivity index (χ1) is 14.5. The van der Waals surface area contributed by atoms with Gasteiger partial charge in [0.15, 0.2) is 5.82 Å². The molecular formula is C21H27N7OS. The standard InChI is InChI=1S/C21H27N7OS/c1-14-8-10-17(11-9-14)28-18(12-15(2)26-28)23-19(29)13-30-21-25-24-20(27(21)22)16-6-4-3-5-7-16/h8-12,16H,3-7,13,22H2,1-2H3,(H,23,29). The smallest absolute Gasteiger partial charge is 0.236 e. The monoisotopic (exact) mass is 425 g/mol. The first-order valence-corrected chi connectivity index (χ1v) is 11.3. The van der Waals surface area contributed by atoms with Crippen molar-refractivity contribution in [2.45, 2.75) is 57.0 Å². The van der Waals surface area contributed by atoms with E-state index in [4.69, 9.17) is 5.84 Å². The van der Waals surface area contributed by atoms with Crippen molar-refractivity contribution in [2.75, 3.05) is 16.9 Å². The van der Waals surface area contributed by atoms with Crippen molar-refractivity contribution in [3.63, 3.8) is 0 Å². The van der Waals surface area contributed by atoms with Gasteiger partial charge in [-0.1, -0.05) is 48.7 Å². The molecule has 30 heavy (non-hydrogen) atoms. The normalized spacial score (nSPS) is 14.7. The Hall–Kier alpha value is -2.81. The largest absolute Gasteiger partial charge is 0.336 e. The van der Waals surface area contributed by atoms with Crippen molar-refractivity contribution in [2.24, 2.45) is 0 Å². The van der Waals surface area contributed by atoms with Gasteiger partial charge in [0, 0.05) is 12.0 Å². The molecule has 0 atom stereocenters. The maximum Gasteiger partial charge on any atom is 0.236 e. The number of hydrogen-bond acceptors (Lipinski definition) is 6. The molecule has 158 valence electrons. The van der Waals surface area contributed by atoms with Crippen LogP contribution in [-0.4, -0.2) is 36.3 Å². The number of aryl methyl sites for hydroxylation is 2. The lowest BCUT2D eigenvalue weighted by Crippen LogP contribution is -2.20. The summed E-state index contributed by atoms with van der Waals surface area (Å²) in [6.45, 7) is 3.94. The molecule has 0 aliphatic heterocycles. The van der Waals surface area contributed by atoms with E-state index in [0.29, 0.717) is 16.9 Å². The number of benzene rings is 1. The third kappa shape index (κ3) is 4.51. The summed E-state index contributed by atoms with van der Waals surface area (Å²) in [6.07, 6.45) is 5.88. The Labute approximate surface area is 180 Å². The Balaban J connectivity index is 1.40. The first-order valence-electron chi connectivity index (χ1n) is 10.3. The number of hydrogen-bond donors (Lipinski definition) is 2. The van der Waals surface area contributed by atoms with Crippen molar-refractivity contribution in [3.8, 4) is 5.69 Å². The fourth-order valence-electron chi connectivity index (χ4n) is 3.81. The molecular weight excluding hydrogens is 398 g/mol. The highest BCUT2D eigenvalue weighted by Crippen LogP contribution is 2.32. The van der Waals surface area contributed by atoms with Gasteiger partial charge in [0.2, 0.25) is 11.1 Å². The molecule has 0 bridgehead atoms.